The fourth-order valence-corrected chi connectivity index (χ4v) is 2.22. The highest BCUT2D eigenvalue weighted by Crippen LogP contribution is 2.24. The molecule has 4 nitrogen and oxygen atoms in total. The molecule has 0 aliphatic heterocycles. The van der Waals surface area contributed by atoms with Crippen LogP contribution in [0.15, 0.2) is 70.2 Å². The molecule has 0 unspecified atom stereocenters. The van der Waals surface area contributed by atoms with Gasteiger partial charge in [0.05, 0.1) is 18.2 Å². The van der Waals surface area contributed by atoms with Gasteiger partial charge in [0.1, 0.15) is 23.2 Å². The van der Waals surface area contributed by atoms with Crippen molar-refractivity contribution >= 4 is 12.1 Å². The summed E-state index contributed by atoms with van der Waals surface area (Å²) in [6, 6.07) is 15.2. The summed E-state index contributed by atoms with van der Waals surface area (Å²) in [6.07, 6.45) is 1.41. The lowest BCUT2D eigenvalue weighted by atomic mass is 10.1. The zero-order valence-electron chi connectivity index (χ0n) is 13.1. The second-order valence-corrected chi connectivity index (χ2v) is 5.28. The molecule has 3 aromatic rings. The normalized spacial score (nSPS) is 11.0. The number of nitrogens with zero attached hydrogens (tertiary/aromatic N) is 1. The maximum atomic E-state index is 13.7. The quantitative estimate of drug-likeness (QED) is 0.565. The van der Waals surface area contributed by atoms with E-state index in [9.17, 15) is 13.6 Å². The SMILES string of the molecule is O=C(Cc1ccc(F)cc1)N/N=C\c1ccc(-c2ccccc2F)o1. The fraction of sp³-hybridized carbons (Fsp3) is 0.0526. The highest BCUT2D eigenvalue weighted by atomic mass is 19.1. The van der Waals surface area contributed by atoms with Crippen LogP contribution in [-0.4, -0.2) is 12.1 Å². The molecule has 6 heteroatoms. The van der Waals surface area contributed by atoms with E-state index in [1.54, 1.807) is 30.3 Å². The van der Waals surface area contributed by atoms with Crippen molar-refractivity contribution in [2.75, 3.05) is 0 Å². The summed E-state index contributed by atoms with van der Waals surface area (Å²) in [5.41, 5.74) is 3.38. The van der Waals surface area contributed by atoms with E-state index in [4.69, 9.17) is 4.42 Å². The molecule has 1 N–H and O–H groups in total. The van der Waals surface area contributed by atoms with E-state index < -0.39 is 0 Å². The van der Waals surface area contributed by atoms with Gasteiger partial charge in [0.25, 0.3) is 0 Å². The lowest BCUT2D eigenvalue weighted by Gasteiger charge is -2.00. The number of rotatable bonds is 5. The predicted octanol–water partition coefficient (Wildman–Crippen LogP) is 3.92. The Morgan fingerprint density at radius 3 is 2.56 bits per heavy atom. The van der Waals surface area contributed by atoms with Crippen LogP contribution >= 0.6 is 0 Å². The van der Waals surface area contributed by atoms with E-state index in [2.05, 4.69) is 10.5 Å². The molecule has 0 atom stereocenters. The Labute approximate surface area is 142 Å². The molecular weight excluding hydrogens is 326 g/mol. The minimum Gasteiger partial charge on any atom is -0.455 e. The summed E-state index contributed by atoms with van der Waals surface area (Å²) in [4.78, 5) is 11.8. The van der Waals surface area contributed by atoms with Crippen LogP contribution in [0.3, 0.4) is 0 Å². The van der Waals surface area contributed by atoms with Crippen molar-refractivity contribution < 1.29 is 18.0 Å². The Morgan fingerprint density at radius 2 is 1.80 bits per heavy atom. The number of benzene rings is 2. The summed E-state index contributed by atoms with van der Waals surface area (Å²) in [6.45, 7) is 0. The van der Waals surface area contributed by atoms with E-state index in [1.807, 2.05) is 0 Å². The van der Waals surface area contributed by atoms with Crippen LogP contribution < -0.4 is 5.43 Å². The molecule has 1 heterocycles. The molecule has 1 aromatic heterocycles. The third kappa shape index (κ3) is 4.38. The Kier molecular flexibility index (Phi) is 4.99. The van der Waals surface area contributed by atoms with Crippen LogP contribution in [0.25, 0.3) is 11.3 Å². The van der Waals surface area contributed by atoms with Crippen LogP contribution in [0.5, 0.6) is 0 Å². The number of halogens is 2. The van der Waals surface area contributed by atoms with E-state index >= 15 is 0 Å². The number of nitrogens with one attached hydrogen (secondary N) is 1. The second-order valence-electron chi connectivity index (χ2n) is 5.28. The number of hydrogen-bond acceptors (Lipinski definition) is 3. The van der Waals surface area contributed by atoms with Crippen LogP contribution in [-0.2, 0) is 11.2 Å². The molecule has 0 fully saturated rings. The van der Waals surface area contributed by atoms with Crippen molar-refractivity contribution in [2.45, 2.75) is 6.42 Å². The van der Waals surface area contributed by atoms with Crippen molar-refractivity contribution in [3.05, 3.63) is 83.6 Å². The summed E-state index contributed by atoms with van der Waals surface area (Å²) < 4.78 is 32.0. The number of hydrogen-bond donors (Lipinski definition) is 1. The van der Waals surface area contributed by atoms with Gasteiger partial charge in [-0.3, -0.25) is 4.79 Å². The number of carbonyl (C=O) groups is 1. The molecule has 0 radical (unpaired) electrons. The van der Waals surface area contributed by atoms with Crippen LogP contribution in [0, 0.1) is 11.6 Å². The van der Waals surface area contributed by atoms with Gasteiger partial charge in [-0.1, -0.05) is 24.3 Å². The average molecular weight is 340 g/mol. The smallest absolute Gasteiger partial charge is 0.244 e. The first-order valence-electron chi connectivity index (χ1n) is 7.53. The van der Waals surface area contributed by atoms with Gasteiger partial charge >= 0.3 is 0 Å². The molecule has 25 heavy (non-hydrogen) atoms. The van der Waals surface area contributed by atoms with Gasteiger partial charge in [-0.25, -0.2) is 14.2 Å². The first-order chi connectivity index (χ1) is 12.1. The Balaban J connectivity index is 1.58. The minimum atomic E-state index is -0.382. The fourth-order valence-electron chi connectivity index (χ4n) is 2.22. The van der Waals surface area contributed by atoms with Gasteiger partial charge in [-0.05, 0) is 42.0 Å². The van der Waals surface area contributed by atoms with Gasteiger partial charge in [0.2, 0.25) is 5.91 Å². The standard InChI is InChI=1S/C19H14F2N2O2/c20-14-7-5-13(6-8-14)11-19(24)23-22-12-15-9-10-18(25-15)16-3-1-2-4-17(16)21/h1-10,12H,11H2,(H,23,24)/b22-12-. The monoisotopic (exact) mass is 340 g/mol. The van der Waals surface area contributed by atoms with Gasteiger partial charge in [0.15, 0.2) is 0 Å². The lowest BCUT2D eigenvalue weighted by molar-refractivity contribution is -0.120. The van der Waals surface area contributed by atoms with Crippen molar-refractivity contribution in [1.82, 2.24) is 5.43 Å². The van der Waals surface area contributed by atoms with Gasteiger partial charge in [-0.15, -0.1) is 0 Å². The van der Waals surface area contributed by atoms with Gasteiger partial charge in [0, 0.05) is 0 Å². The maximum absolute atomic E-state index is 13.7. The predicted molar refractivity (Wildman–Crippen MR) is 89.9 cm³/mol. The molecule has 0 saturated carbocycles. The summed E-state index contributed by atoms with van der Waals surface area (Å²) in [5, 5.41) is 3.80. The zero-order valence-corrected chi connectivity index (χ0v) is 13.1. The molecule has 1 amide bonds. The maximum Gasteiger partial charge on any atom is 0.244 e. The van der Waals surface area contributed by atoms with E-state index in [0.717, 1.165) is 0 Å². The minimum absolute atomic E-state index is 0.0796. The first-order valence-corrected chi connectivity index (χ1v) is 7.53. The molecule has 0 aliphatic carbocycles. The Morgan fingerprint density at radius 1 is 1.04 bits per heavy atom. The summed E-state index contributed by atoms with van der Waals surface area (Å²) in [7, 11) is 0. The van der Waals surface area contributed by atoms with Gasteiger partial charge in [-0.2, -0.15) is 5.10 Å². The third-order valence-corrected chi connectivity index (χ3v) is 3.43. The molecule has 2 aromatic carbocycles. The highest BCUT2D eigenvalue weighted by molar-refractivity contribution is 5.82. The number of carbonyl (C=O) groups excluding carboxylic acids is 1. The Hall–Kier alpha value is -3.28. The topological polar surface area (TPSA) is 54.6 Å². The van der Waals surface area contributed by atoms with Crippen molar-refractivity contribution in [3.63, 3.8) is 0 Å². The number of hydrazone groups is 1. The number of furan rings is 1. The number of amides is 1. The van der Waals surface area contributed by atoms with Crippen LogP contribution in [0.1, 0.15) is 11.3 Å². The summed E-state index contributed by atoms with van der Waals surface area (Å²) in [5.74, 6) is -0.333. The molecule has 0 spiro atoms. The molecule has 126 valence electrons. The molecule has 0 bridgehead atoms. The second kappa shape index (κ2) is 7.53. The lowest BCUT2D eigenvalue weighted by Crippen LogP contribution is -2.19. The Bertz CT molecular complexity index is 902. The van der Waals surface area contributed by atoms with Crippen molar-refractivity contribution in [3.8, 4) is 11.3 Å². The molecule has 3 rings (SSSR count). The van der Waals surface area contributed by atoms with Gasteiger partial charge < -0.3 is 4.42 Å². The first kappa shape index (κ1) is 16.6. The molecule has 0 saturated heterocycles. The summed E-state index contributed by atoms with van der Waals surface area (Å²) >= 11 is 0. The molecular formula is C19H14F2N2O2. The van der Waals surface area contributed by atoms with Crippen LogP contribution in [0.2, 0.25) is 0 Å². The third-order valence-electron chi connectivity index (χ3n) is 3.43. The highest BCUT2D eigenvalue weighted by Gasteiger charge is 2.08. The van der Waals surface area contributed by atoms with Crippen LogP contribution in [0.4, 0.5) is 8.78 Å². The van der Waals surface area contributed by atoms with Crippen molar-refractivity contribution in [2.24, 2.45) is 5.10 Å². The van der Waals surface area contributed by atoms with Crippen molar-refractivity contribution in [1.29, 1.82) is 0 Å². The average Bonchev–Trinajstić information content (AvgIpc) is 3.06. The zero-order chi connectivity index (χ0) is 17.6. The van der Waals surface area contributed by atoms with E-state index in [-0.39, 0.29) is 24.0 Å². The largest absolute Gasteiger partial charge is 0.455 e. The molecule has 0 aliphatic rings. The van der Waals surface area contributed by atoms with E-state index in [1.165, 1.54) is 36.5 Å². The van der Waals surface area contributed by atoms with E-state index in [0.29, 0.717) is 22.6 Å².